The van der Waals surface area contributed by atoms with E-state index in [0.29, 0.717) is 34.1 Å². The normalized spacial score (nSPS) is 15.3. The maximum Gasteiger partial charge on any atom is 0.243 e. The Hall–Kier alpha value is -2.42. The van der Waals surface area contributed by atoms with Crippen LogP contribution in [-0.4, -0.2) is 37.6 Å². The molecule has 0 spiro atoms. The van der Waals surface area contributed by atoms with Gasteiger partial charge in [-0.25, -0.2) is 8.42 Å². The molecule has 178 valence electrons. The molecule has 1 heterocycles. The van der Waals surface area contributed by atoms with Gasteiger partial charge in [0.2, 0.25) is 21.8 Å². The maximum absolute atomic E-state index is 13.4. The SMILES string of the molecule is CC(=O)Nc1ccc(NC(=O)C2CCN(S(=O)(=O)c3c(C)c(C)cc(C)c3C)CC2)c(Cl)c1. The summed E-state index contributed by atoms with van der Waals surface area (Å²) in [6, 6.07) is 6.87. The van der Waals surface area contributed by atoms with Gasteiger partial charge < -0.3 is 10.6 Å². The Morgan fingerprint density at radius 3 is 2.06 bits per heavy atom. The zero-order valence-corrected chi connectivity index (χ0v) is 21.2. The van der Waals surface area contributed by atoms with Crippen molar-refractivity contribution < 1.29 is 18.0 Å². The highest BCUT2D eigenvalue weighted by molar-refractivity contribution is 7.89. The van der Waals surface area contributed by atoms with Crippen LogP contribution in [0.3, 0.4) is 0 Å². The molecule has 0 bridgehead atoms. The monoisotopic (exact) mass is 491 g/mol. The van der Waals surface area contributed by atoms with E-state index in [9.17, 15) is 18.0 Å². The Kier molecular flexibility index (Phi) is 7.51. The number of halogens is 1. The van der Waals surface area contributed by atoms with Crippen LogP contribution in [0.4, 0.5) is 11.4 Å². The Bertz CT molecular complexity index is 1180. The molecule has 0 radical (unpaired) electrons. The van der Waals surface area contributed by atoms with Gasteiger partial charge in [0.15, 0.2) is 0 Å². The van der Waals surface area contributed by atoms with E-state index < -0.39 is 10.0 Å². The van der Waals surface area contributed by atoms with Crippen LogP contribution in [0.1, 0.15) is 42.0 Å². The average molecular weight is 492 g/mol. The van der Waals surface area contributed by atoms with E-state index in [0.717, 1.165) is 22.3 Å². The Labute approximate surface area is 200 Å². The highest BCUT2D eigenvalue weighted by Crippen LogP contribution is 2.32. The second-order valence-electron chi connectivity index (χ2n) is 8.63. The molecule has 1 saturated heterocycles. The molecule has 2 amide bonds. The van der Waals surface area contributed by atoms with Gasteiger partial charge in [-0.1, -0.05) is 17.7 Å². The van der Waals surface area contributed by atoms with Crippen molar-refractivity contribution in [3.63, 3.8) is 0 Å². The van der Waals surface area contributed by atoms with Crippen molar-refractivity contribution in [1.29, 1.82) is 0 Å². The summed E-state index contributed by atoms with van der Waals surface area (Å²) in [5, 5.41) is 5.78. The number of amides is 2. The number of hydrogen-bond donors (Lipinski definition) is 2. The number of benzene rings is 2. The van der Waals surface area contributed by atoms with Crippen molar-refractivity contribution in [3.8, 4) is 0 Å². The molecule has 9 heteroatoms. The zero-order valence-electron chi connectivity index (χ0n) is 19.6. The summed E-state index contributed by atoms with van der Waals surface area (Å²) < 4.78 is 28.3. The van der Waals surface area contributed by atoms with Crippen molar-refractivity contribution in [2.24, 2.45) is 5.92 Å². The zero-order chi connectivity index (χ0) is 24.5. The number of nitrogens with zero attached hydrogens (tertiary/aromatic N) is 1. The summed E-state index contributed by atoms with van der Waals surface area (Å²) >= 11 is 6.25. The Morgan fingerprint density at radius 2 is 1.55 bits per heavy atom. The van der Waals surface area contributed by atoms with Gasteiger partial charge in [0.1, 0.15) is 0 Å². The Balaban J connectivity index is 1.69. The molecule has 1 fully saturated rings. The molecule has 3 rings (SSSR count). The van der Waals surface area contributed by atoms with Gasteiger partial charge in [0, 0.05) is 31.6 Å². The predicted molar refractivity (Wildman–Crippen MR) is 131 cm³/mol. The van der Waals surface area contributed by atoms with Crippen molar-refractivity contribution in [2.45, 2.75) is 52.4 Å². The van der Waals surface area contributed by atoms with Gasteiger partial charge >= 0.3 is 0 Å². The first-order valence-electron chi connectivity index (χ1n) is 10.9. The lowest BCUT2D eigenvalue weighted by atomic mass is 9.97. The minimum absolute atomic E-state index is 0.194. The molecular weight excluding hydrogens is 462 g/mol. The van der Waals surface area contributed by atoms with Crippen LogP contribution < -0.4 is 10.6 Å². The van der Waals surface area contributed by atoms with E-state index in [2.05, 4.69) is 10.6 Å². The van der Waals surface area contributed by atoms with Crippen LogP contribution >= 0.6 is 11.6 Å². The highest BCUT2D eigenvalue weighted by Gasteiger charge is 2.34. The molecule has 7 nitrogen and oxygen atoms in total. The standard InChI is InChI=1S/C24H30ClN3O4S/c1-14-12-15(2)17(4)23(16(14)3)33(31,32)28-10-8-19(9-11-28)24(30)27-22-7-6-20(13-21(22)25)26-18(5)29/h6-7,12-13,19H,8-11H2,1-5H3,(H,26,29)(H,27,30). The fourth-order valence-corrected chi connectivity index (χ4v) is 6.46. The van der Waals surface area contributed by atoms with Gasteiger partial charge in [0.05, 0.1) is 15.6 Å². The van der Waals surface area contributed by atoms with Gasteiger partial charge in [-0.3, -0.25) is 9.59 Å². The number of carbonyl (C=O) groups is 2. The van der Waals surface area contributed by atoms with Crippen LogP contribution in [0.15, 0.2) is 29.2 Å². The summed E-state index contributed by atoms with van der Waals surface area (Å²) in [4.78, 5) is 24.4. The van der Waals surface area contributed by atoms with E-state index in [1.807, 2.05) is 33.8 Å². The molecule has 0 aliphatic carbocycles. The third kappa shape index (κ3) is 5.39. The maximum atomic E-state index is 13.4. The third-order valence-electron chi connectivity index (χ3n) is 6.27. The first kappa shape index (κ1) is 25.2. The third-order valence-corrected chi connectivity index (χ3v) is 8.75. The molecule has 0 atom stereocenters. The molecule has 2 aromatic carbocycles. The lowest BCUT2D eigenvalue weighted by molar-refractivity contribution is -0.121. The Morgan fingerprint density at radius 1 is 0.970 bits per heavy atom. The minimum atomic E-state index is -3.65. The van der Waals surface area contributed by atoms with E-state index in [1.54, 1.807) is 18.2 Å². The van der Waals surface area contributed by atoms with Crippen molar-refractivity contribution in [2.75, 3.05) is 23.7 Å². The van der Waals surface area contributed by atoms with E-state index in [4.69, 9.17) is 11.6 Å². The number of aryl methyl sites for hydroxylation is 2. The van der Waals surface area contributed by atoms with Crippen LogP contribution in [-0.2, 0) is 19.6 Å². The second-order valence-corrected chi connectivity index (χ2v) is 10.9. The summed E-state index contributed by atoms with van der Waals surface area (Å²) in [6.45, 7) is 9.49. The molecule has 2 N–H and O–H groups in total. The molecule has 1 aliphatic rings. The number of hydrogen-bond acceptors (Lipinski definition) is 4. The average Bonchev–Trinajstić information content (AvgIpc) is 2.74. The summed E-state index contributed by atoms with van der Waals surface area (Å²) in [5.74, 6) is -0.722. The lowest BCUT2D eigenvalue weighted by Gasteiger charge is -2.32. The number of carbonyl (C=O) groups excluding carboxylic acids is 2. The molecule has 0 unspecified atom stereocenters. The number of anilines is 2. The smallest absolute Gasteiger partial charge is 0.243 e. The lowest BCUT2D eigenvalue weighted by Crippen LogP contribution is -2.41. The van der Waals surface area contributed by atoms with E-state index >= 15 is 0 Å². The highest BCUT2D eigenvalue weighted by atomic mass is 35.5. The van der Waals surface area contributed by atoms with Crippen LogP contribution in [0.25, 0.3) is 0 Å². The topological polar surface area (TPSA) is 95.6 Å². The molecule has 0 aromatic heterocycles. The van der Waals surface area contributed by atoms with Crippen LogP contribution in [0, 0.1) is 33.6 Å². The first-order chi connectivity index (χ1) is 15.4. The van der Waals surface area contributed by atoms with Gasteiger partial charge in [-0.15, -0.1) is 0 Å². The molecular formula is C24H30ClN3O4S. The minimum Gasteiger partial charge on any atom is -0.326 e. The second kappa shape index (κ2) is 9.83. The van der Waals surface area contributed by atoms with Crippen LogP contribution in [0.5, 0.6) is 0 Å². The van der Waals surface area contributed by atoms with Gasteiger partial charge in [0.25, 0.3) is 0 Å². The quantitative estimate of drug-likeness (QED) is 0.640. The fourth-order valence-electron chi connectivity index (χ4n) is 4.19. The van der Waals surface area contributed by atoms with E-state index in [-0.39, 0.29) is 30.8 Å². The number of nitrogens with one attached hydrogen (secondary N) is 2. The van der Waals surface area contributed by atoms with Crippen molar-refractivity contribution in [1.82, 2.24) is 4.31 Å². The number of piperidine rings is 1. The number of rotatable bonds is 5. The summed E-state index contributed by atoms with van der Waals surface area (Å²) in [5.41, 5.74) is 4.44. The van der Waals surface area contributed by atoms with Crippen molar-refractivity contribution >= 4 is 44.8 Å². The summed E-state index contributed by atoms with van der Waals surface area (Å²) in [7, 11) is -3.65. The predicted octanol–water partition coefficient (Wildman–Crippen LogP) is 4.57. The largest absolute Gasteiger partial charge is 0.326 e. The van der Waals surface area contributed by atoms with Crippen LogP contribution in [0.2, 0.25) is 5.02 Å². The molecule has 33 heavy (non-hydrogen) atoms. The van der Waals surface area contributed by atoms with Gasteiger partial charge in [-0.2, -0.15) is 4.31 Å². The molecule has 2 aromatic rings. The molecule has 1 aliphatic heterocycles. The number of sulfonamides is 1. The van der Waals surface area contributed by atoms with Gasteiger partial charge in [-0.05, 0) is 81.0 Å². The summed E-state index contributed by atoms with van der Waals surface area (Å²) in [6.07, 6.45) is 0.852. The van der Waals surface area contributed by atoms with Crippen molar-refractivity contribution in [3.05, 3.63) is 51.5 Å². The first-order valence-corrected chi connectivity index (χ1v) is 12.7. The molecule has 0 saturated carbocycles. The fraction of sp³-hybridized carbons (Fsp3) is 0.417. The van der Waals surface area contributed by atoms with E-state index in [1.165, 1.54) is 11.2 Å².